The van der Waals surface area contributed by atoms with Crippen LogP contribution in [0.2, 0.25) is 0 Å². The molecule has 0 aliphatic carbocycles. The highest BCUT2D eigenvalue weighted by Crippen LogP contribution is 2.22. The number of ether oxygens (including phenoxy) is 1. The van der Waals surface area contributed by atoms with E-state index in [0.717, 1.165) is 13.2 Å². The highest BCUT2D eigenvalue weighted by Gasteiger charge is 2.31. The van der Waals surface area contributed by atoms with Crippen molar-refractivity contribution in [3.05, 3.63) is 0 Å². The molecule has 2 nitrogen and oxygen atoms in total. The monoisotopic (exact) mass is 187 g/mol. The molecule has 1 unspecified atom stereocenters. The number of hydrogen-bond donors (Lipinski definition) is 1. The molecule has 0 amide bonds. The van der Waals surface area contributed by atoms with E-state index < -0.39 is 0 Å². The molecule has 0 aromatic carbocycles. The normalized spacial score (nSPS) is 26.8. The van der Waals surface area contributed by atoms with E-state index in [2.05, 4.69) is 19.2 Å². The summed E-state index contributed by atoms with van der Waals surface area (Å²) in [7, 11) is 0. The van der Waals surface area contributed by atoms with Crippen LogP contribution in [0.4, 0.5) is 0 Å². The summed E-state index contributed by atoms with van der Waals surface area (Å²) in [5, 5.41) is 3.53. The van der Waals surface area contributed by atoms with E-state index in [0.29, 0.717) is 5.54 Å². The van der Waals surface area contributed by atoms with Gasteiger partial charge in [0.2, 0.25) is 0 Å². The van der Waals surface area contributed by atoms with Gasteiger partial charge in [0.05, 0.1) is 6.61 Å². The van der Waals surface area contributed by atoms with E-state index >= 15 is 0 Å². The second-order valence-corrected chi connectivity index (χ2v) is 3.30. The maximum atomic E-state index is 5.45. The van der Waals surface area contributed by atoms with Crippen molar-refractivity contribution in [3.8, 4) is 0 Å². The van der Waals surface area contributed by atoms with Gasteiger partial charge in [0.25, 0.3) is 0 Å². The third kappa shape index (κ3) is 4.10. The fourth-order valence-corrected chi connectivity index (χ4v) is 1.69. The van der Waals surface area contributed by atoms with Crippen LogP contribution in [0.5, 0.6) is 0 Å². The first-order chi connectivity index (χ1) is 6.33. The summed E-state index contributed by atoms with van der Waals surface area (Å²) in [6.45, 7) is 11.2. The Labute approximate surface area is 83.1 Å². The van der Waals surface area contributed by atoms with Gasteiger partial charge >= 0.3 is 0 Å². The summed E-state index contributed by atoms with van der Waals surface area (Å²) in [6.07, 6.45) is 3.78. The van der Waals surface area contributed by atoms with E-state index in [9.17, 15) is 0 Å². The van der Waals surface area contributed by atoms with Crippen LogP contribution < -0.4 is 5.32 Å². The Hall–Kier alpha value is -0.0800. The fourth-order valence-electron chi connectivity index (χ4n) is 1.69. The van der Waals surface area contributed by atoms with Crippen LogP contribution in [0, 0.1) is 0 Å². The van der Waals surface area contributed by atoms with Crippen molar-refractivity contribution in [2.75, 3.05) is 19.8 Å². The average Bonchev–Trinajstić information content (AvgIpc) is 2.67. The lowest BCUT2D eigenvalue weighted by atomic mass is 9.96. The molecular formula is C11H25NO. The number of nitrogens with one attached hydrogen (secondary N) is 1. The molecule has 0 radical (unpaired) electrons. The molecule has 13 heavy (non-hydrogen) atoms. The Morgan fingerprint density at radius 3 is 2.38 bits per heavy atom. The summed E-state index contributed by atoms with van der Waals surface area (Å²) in [5.41, 5.74) is 0.315. The third-order valence-corrected chi connectivity index (χ3v) is 2.59. The summed E-state index contributed by atoms with van der Waals surface area (Å²) >= 11 is 0. The predicted octanol–water partition coefficient (Wildman–Crippen LogP) is 2.58. The summed E-state index contributed by atoms with van der Waals surface area (Å²) in [4.78, 5) is 0. The molecule has 0 bridgehead atoms. The van der Waals surface area contributed by atoms with Crippen LogP contribution in [0.15, 0.2) is 0 Å². The lowest BCUT2D eigenvalue weighted by Gasteiger charge is -2.27. The predicted molar refractivity (Wildman–Crippen MR) is 58.1 cm³/mol. The van der Waals surface area contributed by atoms with Gasteiger partial charge in [-0.1, -0.05) is 20.8 Å². The molecule has 1 rings (SSSR count). The van der Waals surface area contributed by atoms with Crippen molar-refractivity contribution in [2.24, 2.45) is 0 Å². The molecule has 0 aromatic rings. The highest BCUT2D eigenvalue weighted by atomic mass is 16.5. The SMILES string of the molecule is CC.CCOCC1(CC)CCCN1. The Morgan fingerprint density at radius 1 is 1.31 bits per heavy atom. The third-order valence-electron chi connectivity index (χ3n) is 2.59. The van der Waals surface area contributed by atoms with Gasteiger partial charge in [-0.05, 0) is 32.7 Å². The average molecular weight is 187 g/mol. The molecule has 1 saturated heterocycles. The lowest BCUT2D eigenvalue weighted by molar-refractivity contribution is 0.0830. The number of hydrogen-bond acceptors (Lipinski definition) is 2. The Bertz CT molecular complexity index is 109. The van der Waals surface area contributed by atoms with Crippen LogP contribution in [-0.4, -0.2) is 25.3 Å². The molecule has 1 heterocycles. The Kier molecular flexibility index (Phi) is 7.29. The Balaban J connectivity index is 0.000000671. The van der Waals surface area contributed by atoms with E-state index in [4.69, 9.17) is 4.74 Å². The molecule has 80 valence electrons. The second-order valence-electron chi connectivity index (χ2n) is 3.30. The van der Waals surface area contributed by atoms with E-state index in [1.54, 1.807) is 0 Å². The molecule has 2 heteroatoms. The highest BCUT2D eigenvalue weighted by molar-refractivity contribution is 4.91. The standard InChI is InChI=1S/C9H19NO.C2H6/c1-3-9(8-11-4-2)6-5-7-10-9;1-2/h10H,3-8H2,1-2H3;1-2H3. The van der Waals surface area contributed by atoms with Gasteiger partial charge in [-0.2, -0.15) is 0 Å². The second kappa shape index (κ2) is 7.34. The summed E-state index contributed by atoms with van der Waals surface area (Å²) < 4.78 is 5.45. The van der Waals surface area contributed by atoms with E-state index in [1.165, 1.54) is 25.8 Å². The van der Waals surface area contributed by atoms with Gasteiger partial charge in [-0.15, -0.1) is 0 Å². The molecule has 0 spiro atoms. The maximum Gasteiger partial charge on any atom is 0.0648 e. The van der Waals surface area contributed by atoms with Gasteiger partial charge in [0, 0.05) is 12.1 Å². The minimum Gasteiger partial charge on any atom is -0.380 e. The molecule has 1 aliphatic rings. The maximum absolute atomic E-state index is 5.45. The van der Waals surface area contributed by atoms with Gasteiger partial charge in [-0.25, -0.2) is 0 Å². The fraction of sp³-hybridized carbons (Fsp3) is 1.00. The molecular weight excluding hydrogens is 162 g/mol. The van der Waals surface area contributed by atoms with Gasteiger partial charge in [0.1, 0.15) is 0 Å². The van der Waals surface area contributed by atoms with Crippen LogP contribution in [0.1, 0.15) is 47.0 Å². The zero-order valence-electron chi connectivity index (χ0n) is 9.65. The van der Waals surface area contributed by atoms with Crippen LogP contribution in [-0.2, 0) is 4.74 Å². The molecule has 1 fully saturated rings. The summed E-state index contributed by atoms with van der Waals surface area (Å²) in [6, 6.07) is 0. The molecule has 1 aliphatic heterocycles. The van der Waals surface area contributed by atoms with Gasteiger partial charge in [0.15, 0.2) is 0 Å². The van der Waals surface area contributed by atoms with Crippen molar-refractivity contribution in [1.29, 1.82) is 0 Å². The smallest absolute Gasteiger partial charge is 0.0648 e. The quantitative estimate of drug-likeness (QED) is 0.730. The topological polar surface area (TPSA) is 21.3 Å². The lowest BCUT2D eigenvalue weighted by Crippen LogP contribution is -2.43. The van der Waals surface area contributed by atoms with Crippen LogP contribution >= 0.6 is 0 Å². The van der Waals surface area contributed by atoms with E-state index in [1.807, 2.05) is 13.8 Å². The van der Waals surface area contributed by atoms with Crippen molar-refractivity contribution < 1.29 is 4.74 Å². The summed E-state index contributed by atoms with van der Waals surface area (Å²) in [5.74, 6) is 0. The van der Waals surface area contributed by atoms with Gasteiger partial charge < -0.3 is 10.1 Å². The van der Waals surface area contributed by atoms with Crippen LogP contribution in [0.3, 0.4) is 0 Å². The zero-order valence-corrected chi connectivity index (χ0v) is 9.65. The molecule has 0 saturated carbocycles. The largest absolute Gasteiger partial charge is 0.380 e. The Morgan fingerprint density at radius 2 is 2.00 bits per heavy atom. The van der Waals surface area contributed by atoms with Gasteiger partial charge in [-0.3, -0.25) is 0 Å². The van der Waals surface area contributed by atoms with E-state index in [-0.39, 0.29) is 0 Å². The van der Waals surface area contributed by atoms with Crippen molar-refractivity contribution >= 4 is 0 Å². The molecule has 1 N–H and O–H groups in total. The zero-order chi connectivity index (χ0) is 10.2. The van der Waals surface area contributed by atoms with Crippen molar-refractivity contribution in [1.82, 2.24) is 5.32 Å². The minimum atomic E-state index is 0.315. The van der Waals surface area contributed by atoms with Crippen LogP contribution in [0.25, 0.3) is 0 Å². The van der Waals surface area contributed by atoms with Crippen molar-refractivity contribution in [3.63, 3.8) is 0 Å². The first kappa shape index (κ1) is 12.9. The van der Waals surface area contributed by atoms with Crippen molar-refractivity contribution in [2.45, 2.75) is 52.5 Å². The molecule has 1 atom stereocenters. The first-order valence-corrected chi connectivity index (χ1v) is 5.66. The first-order valence-electron chi connectivity index (χ1n) is 5.66. The molecule has 0 aromatic heterocycles. The minimum absolute atomic E-state index is 0.315. The number of rotatable bonds is 4.